The van der Waals surface area contributed by atoms with Gasteiger partial charge in [0.1, 0.15) is 0 Å². The number of rotatable bonds is 6. The van der Waals surface area contributed by atoms with Crippen molar-refractivity contribution >= 4 is 15.9 Å². The van der Waals surface area contributed by atoms with E-state index in [0.717, 1.165) is 35.4 Å². The molecular formula is C14H19BrN4. The van der Waals surface area contributed by atoms with Gasteiger partial charge < -0.3 is 5.32 Å². The van der Waals surface area contributed by atoms with Crippen molar-refractivity contribution in [2.24, 2.45) is 0 Å². The lowest BCUT2D eigenvalue weighted by atomic mass is 10.1. The molecule has 0 aromatic carbocycles. The molecule has 0 amide bonds. The predicted octanol–water partition coefficient (Wildman–Crippen LogP) is 3.15. The fraction of sp³-hybridized carbons (Fsp3) is 0.429. The van der Waals surface area contributed by atoms with E-state index in [0.29, 0.717) is 0 Å². The van der Waals surface area contributed by atoms with Gasteiger partial charge in [0.2, 0.25) is 0 Å². The lowest BCUT2D eigenvalue weighted by Gasteiger charge is -2.20. The fourth-order valence-corrected chi connectivity index (χ4v) is 2.63. The molecule has 0 saturated carbocycles. The quantitative estimate of drug-likeness (QED) is 0.888. The molecule has 2 rings (SSSR count). The molecule has 0 bridgehead atoms. The number of aromatic nitrogens is 3. The Morgan fingerprint density at radius 2 is 2.16 bits per heavy atom. The van der Waals surface area contributed by atoms with Gasteiger partial charge in [0.15, 0.2) is 0 Å². The summed E-state index contributed by atoms with van der Waals surface area (Å²) in [5.41, 5.74) is 2.16. The Balaban J connectivity index is 2.40. The van der Waals surface area contributed by atoms with Crippen LogP contribution in [-0.4, -0.2) is 21.3 Å². The molecule has 0 aliphatic rings. The highest BCUT2D eigenvalue weighted by Crippen LogP contribution is 2.26. The van der Waals surface area contributed by atoms with E-state index in [2.05, 4.69) is 55.9 Å². The van der Waals surface area contributed by atoms with Crippen LogP contribution in [0.25, 0.3) is 0 Å². The number of hydrogen-bond acceptors (Lipinski definition) is 3. The minimum Gasteiger partial charge on any atom is -0.304 e. The van der Waals surface area contributed by atoms with Crippen LogP contribution in [-0.2, 0) is 6.54 Å². The number of nitrogens with zero attached hydrogens (tertiary/aromatic N) is 3. The van der Waals surface area contributed by atoms with Crippen LogP contribution in [0, 0.1) is 0 Å². The molecule has 0 aliphatic carbocycles. The SMILES string of the molecule is CCCn1nccc1C(NCC)c1ncccc1Br. The monoisotopic (exact) mass is 322 g/mol. The third-order valence-corrected chi connectivity index (χ3v) is 3.62. The maximum atomic E-state index is 4.50. The summed E-state index contributed by atoms with van der Waals surface area (Å²) in [6.45, 7) is 6.06. The first-order valence-corrected chi connectivity index (χ1v) is 7.42. The van der Waals surface area contributed by atoms with Crippen molar-refractivity contribution in [1.29, 1.82) is 0 Å². The Labute approximate surface area is 122 Å². The van der Waals surface area contributed by atoms with E-state index in [4.69, 9.17) is 0 Å². The maximum Gasteiger partial charge on any atom is 0.0933 e. The molecule has 2 aromatic rings. The van der Waals surface area contributed by atoms with Crippen LogP contribution in [0.2, 0.25) is 0 Å². The first-order valence-electron chi connectivity index (χ1n) is 6.63. The highest BCUT2D eigenvalue weighted by molar-refractivity contribution is 9.10. The Kier molecular flexibility index (Phi) is 5.10. The van der Waals surface area contributed by atoms with Crippen LogP contribution < -0.4 is 5.32 Å². The zero-order valence-corrected chi connectivity index (χ0v) is 12.9. The molecule has 0 spiro atoms. The van der Waals surface area contributed by atoms with Crippen LogP contribution in [0.3, 0.4) is 0 Å². The second kappa shape index (κ2) is 6.82. The summed E-state index contributed by atoms with van der Waals surface area (Å²) in [7, 11) is 0. The zero-order chi connectivity index (χ0) is 13.7. The topological polar surface area (TPSA) is 42.7 Å². The Bertz CT molecular complexity index is 524. The zero-order valence-electron chi connectivity index (χ0n) is 11.3. The third kappa shape index (κ3) is 3.22. The molecule has 4 nitrogen and oxygen atoms in total. The molecule has 0 fully saturated rings. The van der Waals surface area contributed by atoms with Crippen LogP contribution in [0.15, 0.2) is 35.1 Å². The van der Waals surface area contributed by atoms with Crippen molar-refractivity contribution in [3.05, 3.63) is 46.5 Å². The first-order chi connectivity index (χ1) is 9.27. The summed E-state index contributed by atoms with van der Waals surface area (Å²) in [4.78, 5) is 4.50. The van der Waals surface area contributed by atoms with Crippen LogP contribution in [0.4, 0.5) is 0 Å². The van der Waals surface area contributed by atoms with Gasteiger partial charge in [-0.15, -0.1) is 0 Å². The van der Waals surface area contributed by atoms with Gasteiger partial charge >= 0.3 is 0 Å². The second-order valence-electron chi connectivity index (χ2n) is 4.34. The smallest absolute Gasteiger partial charge is 0.0933 e. The summed E-state index contributed by atoms with van der Waals surface area (Å²) < 4.78 is 3.07. The van der Waals surface area contributed by atoms with Crippen molar-refractivity contribution in [3.63, 3.8) is 0 Å². The van der Waals surface area contributed by atoms with E-state index in [1.165, 1.54) is 0 Å². The highest BCUT2D eigenvalue weighted by atomic mass is 79.9. The maximum absolute atomic E-state index is 4.50. The van der Waals surface area contributed by atoms with Gasteiger partial charge in [0.25, 0.3) is 0 Å². The molecule has 0 saturated heterocycles. The average Bonchev–Trinajstić information content (AvgIpc) is 2.86. The molecule has 1 unspecified atom stereocenters. The minimum absolute atomic E-state index is 0.0645. The van der Waals surface area contributed by atoms with E-state index in [1.807, 2.05) is 24.5 Å². The number of nitrogens with one attached hydrogen (secondary N) is 1. The molecule has 2 aromatic heterocycles. The number of hydrogen-bond donors (Lipinski definition) is 1. The van der Waals surface area contributed by atoms with Crippen LogP contribution in [0.5, 0.6) is 0 Å². The number of halogens is 1. The van der Waals surface area contributed by atoms with E-state index in [-0.39, 0.29) is 6.04 Å². The molecule has 19 heavy (non-hydrogen) atoms. The van der Waals surface area contributed by atoms with Gasteiger partial charge in [-0.1, -0.05) is 13.8 Å². The van der Waals surface area contributed by atoms with Crippen LogP contribution >= 0.6 is 15.9 Å². The lowest BCUT2D eigenvalue weighted by Crippen LogP contribution is -2.26. The first kappa shape index (κ1) is 14.2. The van der Waals surface area contributed by atoms with E-state index < -0.39 is 0 Å². The van der Waals surface area contributed by atoms with Crippen molar-refractivity contribution < 1.29 is 0 Å². The Morgan fingerprint density at radius 3 is 2.84 bits per heavy atom. The van der Waals surface area contributed by atoms with Crippen molar-refractivity contribution in [2.75, 3.05) is 6.54 Å². The molecule has 0 radical (unpaired) electrons. The molecule has 2 heterocycles. The molecule has 102 valence electrons. The van der Waals surface area contributed by atoms with Gasteiger partial charge in [0, 0.05) is 23.4 Å². The second-order valence-corrected chi connectivity index (χ2v) is 5.19. The van der Waals surface area contributed by atoms with Crippen molar-refractivity contribution in [1.82, 2.24) is 20.1 Å². The summed E-state index contributed by atoms with van der Waals surface area (Å²) in [6.07, 6.45) is 4.74. The summed E-state index contributed by atoms with van der Waals surface area (Å²) >= 11 is 3.58. The van der Waals surface area contributed by atoms with Gasteiger partial charge in [0.05, 0.1) is 17.4 Å². The fourth-order valence-electron chi connectivity index (χ4n) is 2.14. The molecule has 1 atom stereocenters. The summed E-state index contributed by atoms with van der Waals surface area (Å²) in [5, 5.41) is 7.89. The van der Waals surface area contributed by atoms with Crippen LogP contribution in [0.1, 0.15) is 37.7 Å². The van der Waals surface area contributed by atoms with Crippen molar-refractivity contribution in [2.45, 2.75) is 32.9 Å². The predicted molar refractivity (Wildman–Crippen MR) is 80.0 cm³/mol. The molecule has 0 aliphatic heterocycles. The van der Waals surface area contributed by atoms with E-state index >= 15 is 0 Å². The van der Waals surface area contributed by atoms with Gasteiger partial charge in [-0.3, -0.25) is 9.67 Å². The standard InChI is InChI=1S/C14H19BrN4/c1-3-10-19-12(7-9-18-19)14(16-4-2)13-11(15)6-5-8-17-13/h5-9,14,16H,3-4,10H2,1-2H3. The molecule has 5 heteroatoms. The van der Waals surface area contributed by atoms with Gasteiger partial charge in [-0.05, 0) is 47.1 Å². The normalized spacial score (nSPS) is 12.6. The largest absolute Gasteiger partial charge is 0.304 e. The highest BCUT2D eigenvalue weighted by Gasteiger charge is 2.20. The minimum atomic E-state index is 0.0645. The van der Waals surface area contributed by atoms with Crippen molar-refractivity contribution in [3.8, 4) is 0 Å². The Hall–Kier alpha value is -1.20. The van der Waals surface area contributed by atoms with Gasteiger partial charge in [-0.2, -0.15) is 5.10 Å². The summed E-state index contributed by atoms with van der Waals surface area (Å²) in [5.74, 6) is 0. The third-order valence-electron chi connectivity index (χ3n) is 2.95. The van der Waals surface area contributed by atoms with E-state index in [9.17, 15) is 0 Å². The Morgan fingerprint density at radius 1 is 1.32 bits per heavy atom. The molecular weight excluding hydrogens is 304 g/mol. The van der Waals surface area contributed by atoms with Gasteiger partial charge in [-0.25, -0.2) is 0 Å². The molecule has 1 N–H and O–H groups in total. The summed E-state index contributed by atoms with van der Waals surface area (Å²) in [6, 6.07) is 6.08. The lowest BCUT2D eigenvalue weighted by molar-refractivity contribution is 0.513. The number of pyridine rings is 1. The average molecular weight is 323 g/mol. The number of aryl methyl sites for hydroxylation is 1. The van der Waals surface area contributed by atoms with E-state index in [1.54, 1.807) is 0 Å².